The summed E-state index contributed by atoms with van der Waals surface area (Å²) in [5.74, 6) is 0.871. The summed E-state index contributed by atoms with van der Waals surface area (Å²) in [5.41, 5.74) is 6.63. The van der Waals surface area contributed by atoms with Crippen molar-refractivity contribution < 1.29 is 15.0 Å². The lowest BCUT2D eigenvalue weighted by atomic mass is 9.35. The quantitative estimate of drug-likeness (QED) is 0.0750. The number of benzene rings is 1. The first-order valence-corrected chi connectivity index (χ1v) is 22.1. The van der Waals surface area contributed by atoms with E-state index in [1.54, 1.807) is 11.3 Å². The maximum absolute atomic E-state index is 12.9. The fraction of sp³-hybridized carbons (Fsp3) is 0.556. The summed E-state index contributed by atoms with van der Waals surface area (Å²) in [6.45, 7) is 13.0. The van der Waals surface area contributed by atoms with Crippen LogP contribution in [0.15, 0.2) is 42.6 Å². The first kappa shape index (κ1) is 39.0. The molecule has 2 unspecified atom stereocenters. The van der Waals surface area contributed by atoms with Gasteiger partial charge >= 0.3 is 5.97 Å². The molecule has 0 amide bonds. The van der Waals surface area contributed by atoms with E-state index in [0.717, 1.165) is 83.1 Å². The molecule has 0 saturated heterocycles. The van der Waals surface area contributed by atoms with Gasteiger partial charge in [0.2, 0.25) is 0 Å². The number of aliphatic hydroxyl groups excluding tert-OH is 1. The van der Waals surface area contributed by atoms with Crippen molar-refractivity contribution in [2.24, 2.45) is 21.7 Å². The Morgan fingerprint density at radius 2 is 1.67 bits per heavy atom. The maximum Gasteiger partial charge on any atom is 0.355 e. The number of nitrogens with one attached hydrogen (secondary N) is 2. The first-order valence-electron chi connectivity index (χ1n) is 21.2. The zero-order valence-corrected chi connectivity index (χ0v) is 35.2. The van der Waals surface area contributed by atoms with Crippen molar-refractivity contribution in [3.8, 4) is 11.1 Å². The second-order valence-corrected chi connectivity index (χ2v) is 20.0. The number of fused-ring (bicyclic) bond motifs is 2. The predicted octanol–water partition coefficient (Wildman–Crippen LogP) is 9.00. The molecule has 58 heavy (non-hydrogen) atoms. The summed E-state index contributed by atoms with van der Waals surface area (Å²) >= 11 is 1.58. The van der Waals surface area contributed by atoms with Crippen LogP contribution in [0.4, 0.5) is 22.6 Å². The molecule has 4 bridgehead atoms. The normalized spacial score (nSPS) is 26.1. The molecule has 4 aliphatic carbocycles. The molecule has 0 radical (unpaired) electrons. The highest BCUT2D eigenvalue weighted by molar-refractivity contribution is 7.22. The number of aliphatic hydroxyl groups is 1. The minimum atomic E-state index is -1.06. The van der Waals surface area contributed by atoms with Crippen LogP contribution in [0.3, 0.4) is 0 Å². The van der Waals surface area contributed by atoms with Gasteiger partial charge in [-0.05, 0) is 150 Å². The molecule has 306 valence electrons. The number of unbranched alkanes of at least 4 members (excludes halogenated alkanes) is 1. The van der Waals surface area contributed by atoms with Gasteiger partial charge in [0.05, 0.1) is 16.4 Å². The first-order chi connectivity index (χ1) is 27.9. The minimum Gasteiger partial charge on any atom is -0.476 e. The number of carboxylic acid groups (broad SMARTS) is 1. The van der Waals surface area contributed by atoms with Crippen LogP contribution in [0.25, 0.3) is 21.3 Å². The summed E-state index contributed by atoms with van der Waals surface area (Å²) in [6, 6.07) is 11.9. The van der Waals surface area contributed by atoms with E-state index < -0.39 is 5.97 Å². The Labute approximate surface area is 344 Å². The Morgan fingerprint density at radius 3 is 2.45 bits per heavy atom. The number of rotatable bonds is 15. The number of pyridine rings is 1. The zero-order valence-electron chi connectivity index (χ0n) is 34.4. The molecule has 0 spiro atoms. The molecular weight excluding hydrogens is 747 g/mol. The van der Waals surface area contributed by atoms with Crippen LogP contribution >= 0.6 is 11.3 Å². The maximum atomic E-state index is 12.9. The smallest absolute Gasteiger partial charge is 0.355 e. The van der Waals surface area contributed by atoms with Crippen LogP contribution in [0.5, 0.6) is 0 Å². The molecule has 5 aliphatic rings. The van der Waals surface area contributed by atoms with Gasteiger partial charge in [-0.1, -0.05) is 37.3 Å². The monoisotopic (exact) mass is 803 g/mol. The number of carboxylic acids is 1. The number of para-hydroxylation sites is 1. The third-order valence-corrected chi connectivity index (χ3v) is 14.7. The minimum absolute atomic E-state index is 0.0184. The van der Waals surface area contributed by atoms with E-state index in [1.165, 1.54) is 51.4 Å². The van der Waals surface area contributed by atoms with Gasteiger partial charge in [0, 0.05) is 47.6 Å². The lowest BCUT2D eigenvalue weighted by Crippen LogP contribution is -2.60. The van der Waals surface area contributed by atoms with Crippen LogP contribution in [0.2, 0.25) is 0 Å². The molecule has 4 aromatic heterocycles. The summed E-state index contributed by atoms with van der Waals surface area (Å²) in [5, 5.41) is 41.7. The lowest BCUT2D eigenvalue weighted by Gasteiger charge is -2.70. The molecular formula is C45H57N9O3S. The van der Waals surface area contributed by atoms with Crippen LogP contribution < -0.4 is 15.5 Å². The van der Waals surface area contributed by atoms with Gasteiger partial charge in [0.15, 0.2) is 22.5 Å². The van der Waals surface area contributed by atoms with Gasteiger partial charge in [0.1, 0.15) is 5.82 Å². The van der Waals surface area contributed by atoms with E-state index in [2.05, 4.69) is 59.3 Å². The lowest BCUT2D eigenvalue weighted by molar-refractivity contribution is -0.197. The number of hydrogen-bond acceptors (Lipinski definition) is 11. The number of hydrogen-bond donors (Lipinski definition) is 4. The highest BCUT2D eigenvalue weighted by atomic mass is 32.1. The molecule has 5 aromatic rings. The Morgan fingerprint density at radius 1 is 0.897 bits per heavy atom. The Hall–Kier alpha value is -4.46. The molecule has 10 rings (SSSR count). The second kappa shape index (κ2) is 15.0. The van der Waals surface area contributed by atoms with Gasteiger partial charge < -0.3 is 25.7 Å². The number of anilines is 4. The molecule has 4 fully saturated rings. The summed E-state index contributed by atoms with van der Waals surface area (Å²) in [4.78, 5) is 24.5. The number of aromatic nitrogens is 6. The topological polar surface area (TPSA) is 154 Å². The summed E-state index contributed by atoms with van der Waals surface area (Å²) in [6.07, 6.45) is 15.5. The van der Waals surface area contributed by atoms with Crippen molar-refractivity contribution in [3.63, 3.8) is 0 Å². The highest BCUT2D eigenvalue weighted by Gasteiger charge is 2.65. The summed E-state index contributed by atoms with van der Waals surface area (Å²) in [7, 11) is 0. The number of carbonyl (C=O) groups is 1. The fourth-order valence-electron chi connectivity index (χ4n) is 12.8. The molecule has 12 nitrogen and oxygen atoms in total. The van der Waals surface area contributed by atoms with E-state index >= 15 is 0 Å². The SMILES string of the molecule is Cc1c(Nc2nc3ccccc3s2)nnc2c1CCCN2c1ccc(-c2cnn(CC34CC5(C)CC(C)(CC(CCCNCCCCO)(C5)C3)C4)c2C)c(C(=O)O)n1. The van der Waals surface area contributed by atoms with Crippen LogP contribution in [-0.2, 0) is 13.0 Å². The highest BCUT2D eigenvalue weighted by Crippen LogP contribution is 2.75. The Balaban J connectivity index is 0.948. The number of nitrogens with zero attached hydrogens (tertiary/aromatic N) is 7. The molecule has 13 heteroatoms. The van der Waals surface area contributed by atoms with Crippen molar-refractivity contribution in [1.29, 1.82) is 0 Å². The third-order valence-electron chi connectivity index (χ3n) is 13.8. The summed E-state index contributed by atoms with van der Waals surface area (Å²) < 4.78 is 3.28. The standard InChI is InChI=1S/C45H57N9O3S/c1-29-31-11-9-19-53(39(31)52-51-38(29)50-41-48-34-12-5-6-13-35(34)58-41)36-15-14-32(37(49-36)40(56)57)33-21-47-54(30(33)2)28-45-25-42(3)22-43(4,26-45)24-44(23-42,27-45)16-10-18-46-17-7-8-20-55/h5-6,12-15,21,46,55H,7-11,16-20,22-28H2,1-4H3,(H,56,57)(H,48,50,51). The van der Waals surface area contributed by atoms with Gasteiger partial charge in [-0.25, -0.2) is 14.8 Å². The number of aromatic carboxylic acids is 1. The van der Waals surface area contributed by atoms with Gasteiger partial charge in [-0.15, -0.1) is 10.2 Å². The molecule has 1 aliphatic heterocycles. The molecule has 2 atom stereocenters. The largest absolute Gasteiger partial charge is 0.476 e. The van der Waals surface area contributed by atoms with Crippen molar-refractivity contribution in [2.75, 3.05) is 36.5 Å². The van der Waals surface area contributed by atoms with Crippen LogP contribution in [-0.4, -0.2) is 72.4 Å². The Bertz CT molecular complexity index is 2300. The predicted molar refractivity (Wildman–Crippen MR) is 229 cm³/mol. The third kappa shape index (κ3) is 7.27. The van der Waals surface area contributed by atoms with E-state index in [1.807, 2.05) is 41.4 Å². The Kier molecular flexibility index (Phi) is 10.1. The van der Waals surface area contributed by atoms with E-state index in [-0.39, 0.29) is 17.7 Å². The molecule has 1 aromatic carbocycles. The van der Waals surface area contributed by atoms with Crippen LogP contribution in [0, 0.1) is 35.5 Å². The van der Waals surface area contributed by atoms with Gasteiger partial charge in [0.25, 0.3) is 0 Å². The van der Waals surface area contributed by atoms with Crippen molar-refractivity contribution in [2.45, 2.75) is 111 Å². The zero-order chi connectivity index (χ0) is 40.3. The van der Waals surface area contributed by atoms with Crippen molar-refractivity contribution in [1.82, 2.24) is 35.3 Å². The van der Waals surface area contributed by atoms with Crippen molar-refractivity contribution >= 4 is 50.1 Å². The van der Waals surface area contributed by atoms with E-state index in [0.29, 0.717) is 45.8 Å². The fourth-order valence-corrected chi connectivity index (χ4v) is 13.7. The number of thiazole rings is 1. The second-order valence-electron chi connectivity index (χ2n) is 19.0. The van der Waals surface area contributed by atoms with Crippen LogP contribution in [0.1, 0.15) is 112 Å². The van der Waals surface area contributed by atoms with Crippen molar-refractivity contribution in [3.05, 3.63) is 65.1 Å². The van der Waals surface area contributed by atoms with Gasteiger partial charge in [-0.2, -0.15) is 5.10 Å². The van der Waals surface area contributed by atoms with Gasteiger partial charge in [-0.3, -0.25) is 4.68 Å². The molecule has 4 saturated carbocycles. The molecule has 4 N–H and O–H groups in total. The average molecular weight is 804 g/mol. The van der Waals surface area contributed by atoms with E-state index in [4.69, 9.17) is 20.2 Å². The average Bonchev–Trinajstić information content (AvgIpc) is 3.75. The molecule has 5 heterocycles. The van der Waals surface area contributed by atoms with E-state index in [9.17, 15) is 9.90 Å².